The van der Waals surface area contributed by atoms with E-state index in [2.05, 4.69) is 12.2 Å². The number of piperidine rings is 1. The summed E-state index contributed by atoms with van der Waals surface area (Å²) < 4.78 is 27.5. The Kier molecular flexibility index (Phi) is 6.80. The van der Waals surface area contributed by atoms with Gasteiger partial charge in [0, 0.05) is 31.0 Å². The van der Waals surface area contributed by atoms with E-state index in [1.54, 1.807) is 6.08 Å². The van der Waals surface area contributed by atoms with Gasteiger partial charge in [0.25, 0.3) is 5.91 Å². The zero-order valence-corrected chi connectivity index (χ0v) is 20.7. The Morgan fingerprint density at radius 3 is 2.33 bits per heavy atom. The van der Waals surface area contributed by atoms with Gasteiger partial charge in [0.1, 0.15) is 11.4 Å². The molecule has 0 unspecified atom stereocenters. The molecule has 7 nitrogen and oxygen atoms in total. The highest BCUT2D eigenvalue weighted by Gasteiger charge is 2.48. The molecule has 3 aliphatic rings. The molecule has 2 aliphatic heterocycles. The molecule has 0 atom stereocenters. The van der Waals surface area contributed by atoms with Gasteiger partial charge in [-0.1, -0.05) is 31.9 Å². The lowest BCUT2D eigenvalue weighted by molar-refractivity contribution is -0.124. The average Bonchev–Trinajstić information content (AvgIpc) is 3.09. The van der Waals surface area contributed by atoms with Crippen molar-refractivity contribution in [3.8, 4) is 0 Å². The van der Waals surface area contributed by atoms with Crippen LogP contribution in [0.3, 0.4) is 0 Å². The zero-order chi connectivity index (χ0) is 23.8. The maximum absolute atomic E-state index is 13.0. The van der Waals surface area contributed by atoms with Gasteiger partial charge in [-0.05, 0) is 73.8 Å². The number of aryl methyl sites for hydroxylation is 2. The minimum absolute atomic E-state index is 0.0602. The monoisotopic (exact) mass is 472 g/mol. The molecule has 1 aromatic carbocycles. The number of hydrogen-bond acceptors (Lipinski definition) is 5. The number of nitrogens with one attached hydrogen (secondary N) is 1. The van der Waals surface area contributed by atoms with Crippen molar-refractivity contribution in [3.63, 3.8) is 0 Å². The fourth-order valence-electron chi connectivity index (χ4n) is 5.40. The van der Waals surface area contributed by atoms with E-state index in [1.165, 1.54) is 22.6 Å². The molecular weight excluding hydrogens is 436 g/mol. The number of carbonyl (C=O) groups is 1. The first-order valence-corrected chi connectivity index (χ1v) is 13.5. The number of nitrogens with two attached hydrogens (primary N) is 1. The van der Waals surface area contributed by atoms with Crippen LogP contribution in [0.5, 0.6) is 0 Å². The molecule has 1 saturated heterocycles. The minimum atomic E-state index is -3.59. The van der Waals surface area contributed by atoms with E-state index < -0.39 is 15.6 Å². The molecule has 8 heteroatoms. The number of sulfonamides is 1. The van der Waals surface area contributed by atoms with Gasteiger partial charge in [0.15, 0.2) is 0 Å². The lowest BCUT2D eigenvalue weighted by atomic mass is 9.82. The Morgan fingerprint density at radius 2 is 1.76 bits per heavy atom. The van der Waals surface area contributed by atoms with Crippen molar-refractivity contribution in [3.05, 3.63) is 39.8 Å². The van der Waals surface area contributed by atoms with E-state index in [0.717, 1.165) is 46.8 Å². The lowest BCUT2D eigenvalue weighted by Crippen LogP contribution is -2.50. The summed E-state index contributed by atoms with van der Waals surface area (Å²) >= 11 is 0. The fourth-order valence-corrected chi connectivity index (χ4v) is 6.58. The SMILES string of the molecule is Cc1cc(CN)cc(C)c1C=CS(=O)(=O)N1CCC2(CC1)N=C(C1CCC(C)CC1)NC2=O. The molecular formula is C25H36N4O3S. The molecule has 2 heterocycles. The second-order valence-electron chi connectivity index (χ2n) is 10.0. The lowest BCUT2D eigenvalue weighted by Gasteiger charge is -2.34. The summed E-state index contributed by atoms with van der Waals surface area (Å²) in [6.45, 7) is 7.24. The predicted octanol–water partition coefficient (Wildman–Crippen LogP) is 3.25. The number of amidine groups is 1. The number of carbonyl (C=O) groups excluding carboxylic acids is 1. The van der Waals surface area contributed by atoms with Crippen LogP contribution in [0.25, 0.3) is 6.08 Å². The van der Waals surface area contributed by atoms with Crippen molar-refractivity contribution in [2.24, 2.45) is 22.6 Å². The summed E-state index contributed by atoms with van der Waals surface area (Å²) in [5, 5.41) is 4.33. The number of amides is 1. The highest BCUT2D eigenvalue weighted by molar-refractivity contribution is 7.92. The molecule has 1 aromatic rings. The van der Waals surface area contributed by atoms with Crippen molar-refractivity contribution >= 4 is 27.8 Å². The van der Waals surface area contributed by atoms with E-state index in [-0.39, 0.29) is 5.91 Å². The molecule has 2 fully saturated rings. The van der Waals surface area contributed by atoms with Crippen LogP contribution in [-0.4, -0.2) is 43.1 Å². The van der Waals surface area contributed by atoms with Crippen molar-refractivity contribution < 1.29 is 13.2 Å². The second-order valence-corrected chi connectivity index (χ2v) is 11.9. The highest BCUT2D eigenvalue weighted by atomic mass is 32.2. The maximum atomic E-state index is 13.0. The van der Waals surface area contributed by atoms with Crippen LogP contribution < -0.4 is 11.1 Å². The molecule has 1 spiro atoms. The normalized spacial score (nSPS) is 26.1. The topological polar surface area (TPSA) is 105 Å². The Labute approximate surface area is 197 Å². The van der Waals surface area contributed by atoms with Gasteiger partial charge in [-0.25, -0.2) is 8.42 Å². The van der Waals surface area contributed by atoms with E-state index in [1.807, 2.05) is 26.0 Å². The largest absolute Gasteiger partial charge is 0.326 e. The summed E-state index contributed by atoms with van der Waals surface area (Å²) in [5.74, 6) is 1.83. The van der Waals surface area contributed by atoms with Crippen LogP contribution in [0.4, 0.5) is 0 Å². The van der Waals surface area contributed by atoms with E-state index in [9.17, 15) is 13.2 Å². The van der Waals surface area contributed by atoms with Crippen LogP contribution in [0, 0.1) is 25.7 Å². The van der Waals surface area contributed by atoms with Crippen LogP contribution in [0.2, 0.25) is 0 Å². The molecule has 1 saturated carbocycles. The maximum Gasteiger partial charge on any atom is 0.253 e. The first kappa shape index (κ1) is 24.1. The quantitative estimate of drug-likeness (QED) is 0.686. The molecule has 1 amide bonds. The van der Waals surface area contributed by atoms with E-state index >= 15 is 0 Å². The zero-order valence-electron chi connectivity index (χ0n) is 19.9. The number of nitrogens with zero attached hydrogens (tertiary/aromatic N) is 2. The number of benzene rings is 1. The van der Waals surface area contributed by atoms with Crippen molar-refractivity contribution in [1.82, 2.24) is 9.62 Å². The highest BCUT2D eigenvalue weighted by Crippen LogP contribution is 2.36. The number of aliphatic imine (C=N–C) groups is 1. The van der Waals surface area contributed by atoms with Gasteiger partial charge in [-0.2, -0.15) is 4.31 Å². The Morgan fingerprint density at radius 1 is 1.15 bits per heavy atom. The summed E-state index contributed by atoms with van der Waals surface area (Å²) in [7, 11) is -3.59. The smallest absolute Gasteiger partial charge is 0.253 e. The van der Waals surface area contributed by atoms with Gasteiger partial charge in [-0.15, -0.1) is 0 Å². The van der Waals surface area contributed by atoms with E-state index in [0.29, 0.717) is 38.4 Å². The third-order valence-electron chi connectivity index (χ3n) is 7.61. The molecule has 0 bridgehead atoms. The van der Waals surface area contributed by atoms with Crippen molar-refractivity contribution in [1.29, 1.82) is 0 Å². The van der Waals surface area contributed by atoms with Crippen LogP contribution in [0.1, 0.15) is 67.7 Å². The van der Waals surface area contributed by atoms with E-state index in [4.69, 9.17) is 10.7 Å². The first-order chi connectivity index (χ1) is 15.6. The molecule has 1 aliphatic carbocycles. The number of rotatable bonds is 5. The molecule has 3 N–H and O–H groups in total. The van der Waals surface area contributed by atoms with Gasteiger partial charge in [-0.3, -0.25) is 9.79 Å². The van der Waals surface area contributed by atoms with Crippen LogP contribution in [-0.2, 0) is 21.4 Å². The second kappa shape index (κ2) is 9.31. The summed E-state index contributed by atoms with van der Waals surface area (Å²) in [5.41, 5.74) is 8.86. The Balaban J connectivity index is 1.44. The minimum Gasteiger partial charge on any atom is -0.326 e. The van der Waals surface area contributed by atoms with Gasteiger partial charge < -0.3 is 11.1 Å². The molecule has 0 aromatic heterocycles. The van der Waals surface area contributed by atoms with Crippen molar-refractivity contribution in [2.75, 3.05) is 13.1 Å². The molecule has 4 rings (SSSR count). The average molecular weight is 473 g/mol. The summed E-state index contributed by atoms with van der Waals surface area (Å²) in [4.78, 5) is 17.7. The van der Waals surface area contributed by atoms with Crippen LogP contribution in [0.15, 0.2) is 22.5 Å². The molecule has 33 heavy (non-hydrogen) atoms. The standard InChI is InChI=1S/C25H36N4O3S/c1-17-4-6-21(7-5-17)23-27-24(30)25(28-23)9-11-29(12-10-25)33(31,32)13-8-22-18(2)14-20(16-26)15-19(22)3/h8,13-15,17,21H,4-7,9-12,16,26H2,1-3H3,(H,27,28,30). The summed E-state index contributed by atoms with van der Waals surface area (Å²) in [6, 6.07) is 3.98. The number of hydrogen-bond donors (Lipinski definition) is 2. The van der Waals surface area contributed by atoms with Gasteiger partial charge >= 0.3 is 0 Å². The Hall–Kier alpha value is -2.03. The molecule has 0 radical (unpaired) electrons. The molecule has 180 valence electrons. The van der Waals surface area contributed by atoms with Gasteiger partial charge in [0.2, 0.25) is 10.0 Å². The first-order valence-electron chi connectivity index (χ1n) is 12.0. The third kappa shape index (κ3) is 4.93. The van der Waals surface area contributed by atoms with Crippen LogP contribution >= 0.6 is 0 Å². The predicted molar refractivity (Wildman–Crippen MR) is 132 cm³/mol. The fraction of sp³-hybridized carbons (Fsp3) is 0.600. The summed E-state index contributed by atoms with van der Waals surface area (Å²) in [6.07, 6.45) is 6.97. The third-order valence-corrected chi connectivity index (χ3v) is 9.17. The van der Waals surface area contributed by atoms with Crippen molar-refractivity contribution in [2.45, 2.75) is 71.4 Å². The Bertz CT molecular complexity index is 1050. The van der Waals surface area contributed by atoms with Gasteiger partial charge in [0.05, 0.1) is 0 Å².